The van der Waals surface area contributed by atoms with E-state index in [0.29, 0.717) is 6.42 Å². The fraction of sp³-hybridized carbons (Fsp3) is 0.667. The molecule has 0 spiro atoms. The molecule has 0 heterocycles. The smallest absolute Gasteiger partial charge is 0.337 e. The van der Waals surface area contributed by atoms with Gasteiger partial charge >= 0.3 is 5.97 Å². The Morgan fingerprint density at radius 3 is 2.43 bits per heavy atom. The lowest BCUT2D eigenvalue weighted by atomic mass is 9.94. The molecule has 0 rings (SSSR count). The minimum Gasteiger partial charge on any atom is -0.444 e. The maximum atomic E-state index is 11.2. The fourth-order valence-corrected chi connectivity index (χ4v) is 0.673. The van der Waals surface area contributed by atoms with E-state index in [4.69, 9.17) is 5.73 Å². The van der Waals surface area contributed by atoms with Crippen molar-refractivity contribution in [3.63, 3.8) is 0 Å². The summed E-state index contributed by atoms with van der Waals surface area (Å²) in [6.07, 6.45) is -0.281. The second kappa shape index (κ2) is 6.01. The normalized spacial score (nSPS) is 16.1. The minimum absolute atomic E-state index is 0. The summed E-state index contributed by atoms with van der Waals surface area (Å²) in [6.45, 7) is 8.27. The maximum absolute atomic E-state index is 11.2. The molecule has 2 atom stereocenters. The van der Waals surface area contributed by atoms with Crippen LogP contribution in [-0.2, 0) is 9.53 Å². The van der Waals surface area contributed by atoms with Gasteiger partial charge in [0, 0.05) is 0 Å². The molecule has 0 saturated heterocycles. The molecule has 0 aromatic rings. The van der Waals surface area contributed by atoms with Gasteiger partial charge in [0.1, 0.15) is 6.23 Å². The number of halogens is 1. The molecule has 4 nitrogen and oxygen atoms in total. The van der Waals surface area contributed by atoms with E-state index in [1.165, 1.54) is 13.8 Å². The summed E-state index contributed by atoms with van der Waals surface area (Å²) in [6, 6.07) is 0. The molecular weight excluding hydrogens is 206 g/mol. The zero-order valence-corrected chi connectivity index (χ0v) is 9.56. The van der Waals surface area contributed by atoms with Crippen molar-refractivity contribution in [3.8, 4) is 0 Å². The summed E-state index contributed by atoms with van der Waals surface area (Å²) in [7, 11) is 0. The molecule has 0 aromatic heterocycles. The van der Waals surface area contributed by atoms with Crippen LogP contribution in [0.2, 0.25) is 0 Å². The van der Waals surface area contributed by atoms with Crippen LogP contribution in [-0.4, -0.2) is 22.9 Å². The van der Waals surface area contributed by atoms with E-state index in [1.807, 2.05) is 0 Å². The number of carbonyl (C=O) groups is 1. The highest BCUT2D eigenvalue weighted by atomic mass is 35.5. The predicted octanol–water partition coefficient (Wildman–Crippen LogP) is 0.973. The number of ether oxygens (including phenoxy) is 1. The molecule has 14 heavy (non-hydrogen) atoms. The van der Waals surface area contributed by atoms with Gasteiger partial charge in [-0.2, -0.15) is 0 Å². The molecule has 0 radical (unpaired) electrons. The van der Waals surface area contributed by atoms with E-state index in [1.54, 1.807) is 6.92 Å². The number of carbonyl (C=O) groups excluding carboxylic acids is 1. The van der Waals surface area contributed by atoms with Crippen LogP contribution in [0.1, 0.15) is 27.2 Å². The first-order chi connectivity index (χ1) is 5.81. The van der Waals surface area contributed by atoms with Gasteiger partial charge in [0.25, 0.3) is 0 Å². The molecular formula is C9H18ClNO3. The van der Waals surface area contributed by atoms with Crippen LogP contribution in [0.15, 0.2) is 12.2 Å². The average Bonchev–Trinajstić information content (AvgIpc) is 2.01. The van der Waals surface area contributed by atoms with Gasteiger partial charge in [0.15, 0.2) is 0 Å². The molecule has 0 saturated carbocycles. The van der Waals surface area contributed by atoms with Gasteiger partial charge < -0.3 is 9.84 Å². The zero-order valence-electron chi connectivity index (χ0n) is 8.74. The van der Waals surface area contributed by atoms with Crippen molar-refractivity contribution in [1.29, 1.82) is 0 Å². The van der Waals surface area contributed by atoms with Crippen molar-refractivity contribution in [3.05, 3.63) is 12.2 Å². The molecule has 2 unspecified atom stereocenters. The Morgan fingerprint density at radius 1 is 1.71 bits per heavy atom. The quantitative estimate of drug-likeness (QED) is 0.423. The summed E-state index contributed by atoms with van der Waals surface area (Å²) in [4.78, 5) is 11.2. The molecule has 84 valence electrons. The predicted molar refractivity (Wildman–Crippen MR) is 57.0 cm³/mol. The number of hydrogen-bond donors (Lipinski definition) is 2. The Balaban J connectivity index is 0. The summed E-state index contributed by atoms with van der Waals surface area (Å²) in [5.41, 5.74) is 4.07. The first kappa shape index (κ1) is 15.9. The first-order valence-electron chi connectivity index (χ1n) is 4.19. The number of rotatable bonds is 4. The third-order valence-electron chi connectivity index (χ3n) is 1.88. The highest BCUT2D eigenvalue weighted by Crippen LogP contribution is 2.19. The molecule has 0 bridgehead atoms. The molecule has 5 heteroatoms. The first-order valence-corrected chi connectivity index (χ1v) is 4.19. The van der Waals surface area contributed by atoms with E-state index in [2.05, 4.69) is 11.3 Å². The Labute approximate surface area is 90.5 Å². The Bertz CT molecular complexity index is 214. The van der Waals surface area contributed by atoms with E-state index in [9.17, 15) is 9.90 Å². The van der Waals surface area contributed by atoms with Crippen molar-refractivity contribution in [1.82, 2.24) is 0 Å². The lowest BCUT2D eigenvalue weighted by molar-refractivity contribution is -0.145. The van der Waals surface area contributed by atoms with E-state index in [-0.39, 0.29) is 18.0 Å². The highest BCUT2D eigenvalue weighted by Gasteiger charge is 2.28. The average molecular weight is 224 g/mol. The Hall–Kier alpha value is -0.580. The molecule has 0 fully saturated rings. The van der Waals surface area contributed by atoms with Gasteiger partial charge in [-0.25, -0.2) is 4.79 Å². The van der Waals surface area contributed by atoms with Crippen LogP contribution < -0.4 is 5.73 Å². The molecule has 0 aromatic carbocycles. The monoisotopic (exact) mass is 223 g/mol. The Morgan fingerprint density at radius 2 is 2.14 bits per heavy atom. The lowest BCUT2D eigenvalue weighted by Crippen LogP contribution is -2.34. The molecule has 3 N–H and O–H groups in total. The van der Waals surface area contributed by atoms with Crippen LogP contribution >= 0.6 is 12.4 Å². The summed E-state index contributed by atoms with van der Waals surface area (Å²) in [5, 5.41) is 9.63. The summed E-state index contributed by atoms with van der Waals surface area (Å²) < 4.78 is 4.68. The van der Waals surface area contributed by atoms with Gasteiger partial charge in [-0.3, -0.25) is 5.73 Å². The molecule has 0 amide bonds. The van der Waals surface area contributed by atoms with Crippen molar-refractivity contribution >= 4 is 18.4 Å². The second-order valence-electron chi connectivity index (χ2n) is 3.22. The lowest BCUT2D eigenvalue weighted by Gasteiger charge is -2.23. The maximum Gasteiger partial charge on any atom is 0.337 e. The van der Waals surface area contributed by atoms with E-state index in [0.717, 1.165) is 0 Å². The van der Waals surface area contributed by atoms with Crippen molar-refractivity contribution in [2.24, 2.45) is 5.73 Å². The topological polar surface area (TPSA) is 72.5 Å². The molecule has 0 aliphatic heterocycles. The number of aliphatic hydroxyl groups is 1. The van der Waals surface area contributed by atoms with Crippen LogP contribution in [0.4, 0.5) is 0 Å². The van der Waals surface area contributed by atoms with E-state index >= 15 is 0 Å². The van der Waals surface area contributed by atoms with Crippen LogP contribution in [0.5, 0.6) is 0 Å². The fourth-order valence-electron chi connectivity index (χ4n) is 0.673. The van der Waals surface area contributed by atoms with Crippen LogP contribution in [0.3, 0.4) is 0 Å². The standard InChI is InChI=1S/C9H17NO3.ClH/c1-5-9(4,12)6(2)8(11)13-7(3)10;/h7,12H,2,5,10H2,1,3-4H3;1H. The molecule has 0 aliphatic carbocycles. The van der Waals surface area contributed by atoms with Gasteiger partial charge in [-0.1, -0.05) is 13.5 Å². The summed E-state index contributed by atoms with van der Waals surface area (Å²) in [5.74, 6) is -0.651. The number of nitrogens with two attached hydrogens (primary N) is 1. The minimum atomic E-state index is -1.22. The number of hydrogen-bond acceptors (Lipinski definition) is 4. The zero-order chi connectivity index (χ0) is 10.6. The second-order valence-corrected chi connectivity index (χ2v) is 3.22. The van der Waals surface area contributed by atoms with Gasteiger partial charge in [0.2, 0.25) is 0 Å². The Kier molecular flexibility index (Phi) is 6.81. The third-order valence-corrected chi connectivity index (χ3v) is 1.88. The van der Waals surface area contributed by atoms with Crippen LogP contribution in [0.25, 0.3) is 0 Å². The van der Waals surface area contributed by atoms with Crippen molar-refractivity contribution in [2.75, 3.05) is 0 Å². The molecule has 0 aliphatic rings. The largest absolute Gasteiger partial charge is 0.444 e. The van der Waals surface area contributed by atoms with Gasteiger partial charge in [0.05, 0.1) is 11.2 Å². The SMILES string of the molecule is C=C(C(=O)OC(C)N)C(C)(O)CC.Cl. The highest BCUT2D eigenvalue weighted by molar-refractivity contribution is 5.89. The van der Waals surface area contributed by atoms with Crippen molar-refractivity contribution < 1.29 is 14.6 Å². The van der Waals surface area contributed by atoms with Gasteiger partial charge in [-0.15, -0.1) is 12.4 Å². The number of esters is 1. The summed E-state index contributed by atoms with van der Waals surface area (Å²) >= 11 is 0. The third kappa shape index (κ3) is 4.60. The van der Waals surface area contributed by atoms with E-state index < -0.39 is 17.8 Å². The van der Waals surface area contributed by atoms with Gasteiger partial charge in [-0.05, 0) is 20.3 Å². The van der Waals surface area contributed by atoms with Crippen LogP contribution in [0, 0.1) is 0 Å². The van der Waals surface area contributed by atoms with Crippen molar-refractivity contribution in [2.45, 2.75) is 39.0 Å².